The quantitative estimate of drug-likeness (QED) is 0.751. The Morgan fingerprint density at radius 3 is 2.79 bits per heavy atom. The van der Waals surface area contributed by atoms with Gasteiger partial charge < -0.3 is 20.2 Å². The second-order valence-corrected chi connectivity index (χ2v) is 7.64. The largest absolute Gasteiger partial charge is 0.395 e. The predicted octanol–water partition coefficient (Wildman–Crippen LogP) is 3.35. The van der Waals surface area contributed by atoms with Crippen LogP contribution in [0.2, 0.25) is 0 Å². The van der Waals surface area contributed by atoms with Crippen LogP contribution in [-0.4, -0.2) is 54.9 Å². The van der Waals surface area contributed by atoms with Gasteiger partial charge in [0.2, 0.25) is 0 Å². The van der Waals surface area contributed by atoms with E-state index in [2.05, 4.69) is 5.32 Å². The highest BCUT2D eigenvalue weighted by Gasteiger charge is 2.25. The molecule has 5 nitrogen and oxygen atoms in total. The second kappa shape index (κ2) is 10.3. The Balaban J connectivity index is 1.59. The zero-order valence-electron chi connectivity index (χ0n) is 17.0. The fourth-order valence-corrected chi connectivity index (χ4v) is 3.79. The normalized spacial score (nSPS) is 16.5. The molecule has 0 aliphatic carbocycles. The molecule has 2 N–H and O–H groups in total. The van der Waals surface area contributed by atoms with Crippen LogP contribution in [0.5, 0.6) is 0 Å². The number of amides is 2. The first-order chi connectivity index (χ1) is 14.1. The number of halogens is 1. The summed E-state index contributed by atoms with van der Waals surface area (Å²) in [7, 11) is 0. The summed E-state index contributed by atoms with van der Waals surface area (Å²) < 4.78 is 14.3. The van der Waals surface area contributed by atoms with Gasteiger partial charge in [-0.2, -0.15) is 0 Å². The highest BCUT2D eigenvalue weighted by molar-refractivity contribution is 5.74. The van der Waals surface area contributed by atoms with Crippen molar-refractivity contribution in [3.63, 3.8) is 0 Å². The summed E-state index contributed by atoms with van der Waals surface area (Å²) in [5.74, 6) is -0.229. The number of piperidine rings is 1. The minimum Gasteiger partial charge on any atom is -0.395 e. The Labute approximate surface area is 172 Å². The number of hydrogen-bond donors (Lipinski definition) is 2. The summed E-state index contributed by atoms with van der Waals surface area (Å²) in [4.78, 5) is 16.5. The molecule has 6 heteroatoms. The van der Waals surface area contributed by atoms with Crippen molar-refractivity contribution < 1.29 is 14.3 Å². The van der Waals surface area contributed by atoms with Crippen molar-refractivity contribution in [2.75, 3.05) is 37.7 Å². The third-order valence-corrected chi connectivity index (χ3v) is 5.36. The fraction of sp³-hybridized carbons (Fsp3) is 0.435. The van der Waals surface area contributed by atoms with Crippen molar-refractivity contribution in [2.45, 2.75) is 32.2 Å². The molecule has 1 atom stereocenters. The molecule has 29 heavy (non-hydrogen) atoms. The number of aliphatic hydroxyl groups is 1. The Kier molecular flexibility index (Phi) is 7.47. The molecule has 1 aliphatic rings. The number of aryl methyl sites for hydroxylation is 1. The van der Waals surface area contributed by atoms with E-state index in [1.54, 1.807) is 11.0 Å². The van der Waals surface area contributed by atoms with Crippen LogP contribution in [0.15, 0.2) is 48.5 Å². The number of rotatable bonds is 7. The molecule has 1 saturated heterocycles. The van der Waals surface area contributed by atoms with Crippen molar-refractivity contribution >= 4 is 11.7 Å². The number of nitrogens with zero attached hydrogens (tertiary/aromatic N) is 2. The molecule has 0 radical (unpaired) electrons. The monoisotopic (exact) mass is 399 g/mol. The summed E-state index contributed by atoms with van der Waals surface area (Å²) in [5.41, 5.74) is 2.77. The number of anilines is 1. The highest BCUT2D eigenvalue weighted by Crippen LogP contribution is 2.24. The zero-order valence-corrected chi connectivity index (χ0v) is 17.0. The van der Waals surface area contributed by atoms with Crippen LogP contribution in [0, 0.1) is 12.7 Å². The first-order valence-corrected chi connectivity index (χ1v) is 10.3. The minimum atomic E-state index is -0.229. The van der Waals surface area contributed by atoms with Gasteiger partial charge in [-0.3, -0.25) is 0 Å². The average Bonchev–Trinajstić information content (AvgIpc) is 2.73. The van der Waals surface area contributed by atoms with Crippen molar-refractivity contribution in [3.8, 4) is 0 Å². The van der Waals surface area contributed by atoms with Gasteiger partial charge in [0.15, 0.2) is 0 Å². The first kappa shape index (κ1) is 21.1. The van der Waals surface area contributed by atoms with Crippen molar-refractivity contribution in [3.05, 3.63) is 65.5 Å². The van der Waals surface area contributed by atoms with Gasteiger partial charge >= 0.3 is 6.03 Å². The topological polar surface area (TPSA) is 55.8 Å². The number of aliphatic hydroxyl groups excluding tert-OH is 1. The lowest BCUT2D eigenvalue weighted by atomic mass is 10.0. The Morgan fingerprint density at radius 2 is 2.03 bits per heavy atom. The molecule has 2 aromatic carbocycles. The average molecular weight is 400 g/mol. The van der Waals surface area contributed by atoms with Crippen LogP contribution in [0.4, 0.5) is 14.9 Å². The van der Waals surface area contributed by atoms with Gasteiger partial charge in [0.25, 0.3) is 0 Å². The summed E-state index contributed by atoms with van der Waals surface area (Å²) in [6, 6.07) is 14.9. The summed E-state index contributed by atoms with van der Waals surface area (Å²) in [6.45, 7) is 4.07. The predicted molar refractivity (Wildman–Crippen MR) is 114 cm³/mol. The standard InChI is InChI=1S/C23H30FN3O2/c1-18-9-10-21(24)22(16-18)27-12-5-8-20(17-27)25-23(29)26(14-15-28)13-11-19-6-3-2-4-7-19/h2-4,6-7,9-10,16,20,28H,5,8,11-15,17H2,1H3,(H,25,29). The number of carbonyl (C=O) groups excluding carboxylic acids is 1. The highest BCUT2D eigenvalue weighted by atomic mass is 19.1. The molecule has 2 amide bonds. The molecule has 3 rings (SSSR count). The molecular weight excluding hydrogens is 369 g/mol. The fourth-order valence-electron chi connectivity index (χ4n) is 3.79. The molecule has 0 aromatic heterocycles. The maximum atomic E-state index is 14.3. The molecule has 1 heterocycles. The van der Waals surface area contributed by atoms with E-state index in [-0.39, 0.29) is 24.5 Å². The molecule has 0 bridgehead atoms. The van der Waals surface area contributed by atoms with Gasteiger partial charge in [0.1, 0.15) is 5.82 Å². The SMILES string of the molecule is Cc1ccc(F)c(N2CCCC(NC(=O)N(CCO)CCc3ccccc3)C2)c1. The van der Waals surface area contributed by atoms with Gasteiger partial charge in [-0.25, -0.2) is 9.18 Å². The summed E-state index contributed by atoms with van der Waals surface area (Å²) in [6.07, 6.45) is 2.49. The van der Waals surface area contributed by atoms with E-state index < -0.39 is 0 Å². The minimum absolute atomic E-state index is 0.0471. The molecule has 1 aliphatic heterocycles. The lowest BCUT2D eigenvalue weighted by Crippen LogP contribution is -2.52. The van der Waals surface area contributed by atoms with E-state index in [0.29, 0.717) is 25.3 Å². The van der Waals surface area contributed by atoms with Crippen LogP contribution in [-0.2, 0) is 6.42 Å². The van der Waals surface area contributed by atoms with E-state index in [1.807, 2.05) is 48.2 Å². The number of urea groups is 1. The van der Waals surface area contributed by atoms with Gasteiger partial charge in [0, 0.05) is 32.2 Å². The number of benzene rings is 2. The Hall–Kier alpha value is -2.60. The van der Waals surface area contributed by atoms with E-state index in [0.717, 1.165) is 36.9 Å². The number of hydrogen-bond acceptors (Lipinski definition) is 3. The van der Waals surface area contributed by atoms with Crippen molar-refractivity contribution in [2.24, 2.45) is 0 Å². The Morgan fingerprint density at radius 1 is 1.24 bits per heavy atom. The van der Waals surface area contributed by atoms with E-state index in [9.17, 15) is 14.3 Å². The summed E-state index contributed by atoms with van der Waals surface area (Å²) >= 11 is 0. The molecule has 0 spiro atoms. The maximum Gasteiger partial charge on any atom is 0.317 e. The molecule has 0 saturated carbocycles. The van der Waals surface area contributed by atoms with Crippen molar-refractivity contribution in [1.29, 1.82) is 0 Å². The number of nitrogens with one attached hydrogen (secondary N) is 1. The van der Waals surface area contributed by atoms with Gasteiger partial charge in [-0.05, 0) is 49.4 Å². The lowest BCUT2D eigenvalue weighted by Gasteiger charge is -2.36. The molecule has 1 fully saturated rings. The molecule has 156 valence electrons. The smallest absolute Gasteiger partial charge is 0.317 e. The first-order valence-electron chi connectivity index (χ1n) is 10.3. The van der Waals surface area contributed by atoms with Crippen LogP contribution in [0.25, 0.3) is 0 Å². The third kappa shape index (κ3) is 5.94. The van der Waals surface area contributed by atoms with Crippen LogP contribution in [0.3, 0.4) is 0 Å². The van der Waals surface area contributed by atoms with Crippen molar-refractivity contribution in [1.82, 2.24) is 10.2 Å². The van der Waals surface area contributed by atoms with Crippen LogP contribution >= 0.6 is 0 Å². The molecule has 2 aromatic rings. The third-order valence-electron chi connectivity index (χ3n) is 5.36. The van der Waals surface area contributed by atoms with E-state index in [1.165, 1.54) is 6.07 Å². The Bertz CT molecular complexity index is 800. The van der Waals surface area contributed by atoms with Gasteiger partial charge in [0.05, 0.1) is 12.3 Å². The molecular formula is C23H30FN3O2. The van der Waals surface area contributed by atoms with E-state index >= 15 is 0 Å². The number of carbonyl (C=O) groups is 1. The van der Waals surface area contributed by atoms with Crippen LogP contribution < -0.4 is 10.2 Å². The van der Waals surface area contributed by atoms with Gasteiger partial charge in [-0.15, -0.1) is 0 Å². The lowest BCUT2D eigenvalue weighted by molar-refractivity contribution is 0.173. The van der Waals surface area contributed by atoms with Crippen LogP contribution in [0.1, 0.15) is 24.0 Å². The zero-order chi connectivity index (χ0) is 20.6. The molecule has 1 unspecified atom stereocenters. The maximum absolute atomic E-state index is 14.3. The van der Waals surface area contributed by atoms with E-state index in [4.69, 9.17) is 0 Å². The van der Waals surface area contributed by atoms with Gasteiger partial charge in [-0.1, -0.05) is 36.4 Å². The second-order valence-electron chi connectivity index (χ2n) is 7.64. The summed E-state index contributed by atoms with van der Waals surface area (Å²) in [5, 5.41) is 12.4.